The number of hydrogen-bond acceptors (Lipinski definition) is 5. The zero-order valence-corrected chi connectivity index (χ0v) is 18.6. The zero-order chi connectivity index (χ0) is 23.0. The lowest BCUT2D eigenvalue weighted by atomic mass is 9.94. The van der Waals surface area contributed by atoms with Crippen molar-refractivity contribution in [1.29, 1.82) is 0 Å². The van der Waals surface area contributed by atoms with E-state index in [1.165, 1.54) is 4.90 Å². The molecule has 1 aliphatic heterocycles. The normalized spacial score (nSPS) is 17.6. The summed E-state index contributed by atoms with van der Waals surface area (Å²) in [6.07, 6.45) is 3.16. The first-order chi connectivity index (χ1) is 15.3. The van der Waals surface area contributed by atoms with Crippen LogP contribution in [0, 0.1) is 13.8 Å². The second kappa shape index (κ2) is 8.48. The molecule has 1 amide bonds. The standard InChI is InChI=1S/C25H21ClN2O4/c1-14-4-5-17(13-20(14)26)28-22(16-8-10-27-11-9-16)21(24(30)25(28)31)23(29)19-7-6-18(32-3)12-15(19)2/h4-13,22,29H,1-3H3/b23-21+. The van der Waals surface area contributed by atoms with Crippen LogP contribution in [0.2, 0.25) is 5.02 Å². The number of aryl methyl sites for hydroxylation is 2. The molecule has 0 spiro atoms. The molecule has 32 heavy (non-hydrogen) atoms. The minimum Gasteiger partial charge on any atom is -0.507 e. The Labute approximate surface area is 190 Å². The second-order valence-electron chi connectivity index (χ2n) is 7.56. The number of carbonyl (C=O) groups excluding carboxylic acids is 2. The minimum absolute atomic E-state index is 0.00571. The van der Waals surface area contributed by atoms with Gasteiger partial charge in [0, 0.05) is 28.7 Å². The number of halogens is 1. The van der Waals surface area contributed by atoms with E-state index in [1.54, 1.807) is 75.0 Å². The van der Waals surface area contributed by atoms with Crippen LogP contribution in [-0.2, 0) is 9.59 Å². The van der Waals surface area contributed by atoms with Gasteiger partial charge >= 0.3 is 0 Å². The number of ketones is 1. The average molecular weight is 449 g/mol. The Kier molecular flexibility index (Phi) is 5.72. The van der Waals surface area contributed by atoms with E-state index in [4.69, 9.17) is 16.3 Å². The summed E-state index contributed by atoms with van der Waals surface area (Å²) in [5.41, 5.74) is 3.12. The number of carbonyl (C=O) groups is 2. The zero-order valence-electron chi connectivity index (χ0n) is 17.8. The van der Waals surface area contributed by atoms with Gasteiger partial charge in [0.25, 0.3) is 11.7 Å². The number of aliphatic hydroxyl groups is 1. The molecule has 1 aromatic heterocycles. The molecule has 1 N–H and O–H groups in total. The number of Topliss-reactive ketones (excluding diaryl/α,β-unsaturated/α-hetero) is 1. The van der Waals surface area contributed by atoms with Gasteiger partial charge in [-0.25, -0.2) is 0 Å². The number of aromatic nitrogens is 1. The van der Waals surface area contributed by atoms with Gasteiger partial charge < -0.3 is 9.84 Å². The van der Waals surface area contributed by atoms with Crippen molar-refractivity contribution in [3.8, 4) is 5.75 Å². The molecule has 0 saturated carbocycles. The summed E-state index contributed by atoms with van der Waals surface area (Å²) < 4.78 is 5.23. The molecule has 1 unspecified atom stereocenters. The number of pyridine rings is 1. The second-order valence-corrected chi connectivity index (χ2v) is 7.97. The summed E-state index contributed by atoms with van der Waals surface area (Å²) in [7, 11) is 1.55. The van der Waals surface area contributed by atoms with E-state index >= 15 is 0 Å². The number of ether oxygens (including phenoxy) is 1. The van der Waals surface area contributed by atoms with Crippen LogP contribution < -0.4 is 9.64 Å². The van der Waals surface area contributed by atoms with E-state index in [0.717, 1.165) is 5.56 Å². The maximum Gasteiger partial charge on any atom is 0.300 e. The number of benzene rings is 2. The molecule has 6 nitrogen and oxygen atoms in total. The summed E-state index contributed by atoms with van der Waals surface area (Å²) >= 11 is 6.31. The average Bonchev–Trinajstić information content (AvgIpc) is 3.06. The van der Waals surface area contributed by atoms with Gasteiger partial charge in [-0.05, 0) is 73.0 Å². The van der Waals surface area contributed by atoms with Crippen molar-refractivity contribution in [2.45, 2.75) is 19.9 Å². The highest BCUT2D eigenvalue weighted by Gasteiger charge is 2.47. The Hall–Kier alpha value is -3.64. The van der Waals surface area contributed by atoms with Crippen LogP contribution in [0.3, 0.4) is 0 Å². The lowest BCUT2D eigenvalue weighted by Gasteiger charge is -2.25. The summed E-state index contributed by atoms with van der Waals surface area (Å²) in [5, 5.41) is 11.7. The van der Waals surface area contributed by atoms with Crippen LogP contribution in [0.4, 0.5) is 5.69 Å². The topological polar surface area (TPSA) is 79.7 Å². The highest BCUT2D eigenvalue weighted by atomic mass is 35.5. The number of nitrogens with zero attached hydrogens (tertiary/aromatic N) is 2. The Morgan fingerprint density at radius 2 is 1.75 bits per heavy atom. The van der Waals surface area contributed by atoms with Gasteiger partial charge in [-0.3, -0.25) is 19.5 Å². The third kappa shape index (κ3) is 3.63. The predicted octanol–water partition coefficient (Wildman–Crippen LogP) is 4.99. The third-order valence-corrected chi connectivity index (χ3v) is 6.00. The molecule has 4 rings (SSSR count). The number of rotatable bonds is 4. The lowest BCUT2D eigenvalue weighted by molar-refractivity contribution is -0.132. The first-order valence-electron chi connectivity index (χ1n) is 9.95. The maximum atomic E-state index is 13.2. The summed E-state index contributed by atoms with van der Waals surface area (Å²) in [4.78, 5) is 31.8. The van der Waals surface area contributed by atoms with Crippen molar-refractivity contribution in [1.82, 2.24) is 4.98 Å². The highest BCUT2D eigenvalue weighted by Crippen LogP contribution is 2.43. The molecule has 1 aliphatic rings. The van der Waals surface area contributed by atoms with E-state index in [-0.39, 0.29) is 11.3 Å². The molecule has 7 heteroatoms. The number of hydrogen-bond donors (Lipinski definition) is 1. The molecular formula is C25H21ClN2O4. The Morgan fingerprint density at radius 3 is 2.38 bits per heavy atom. The molecule has 2 heterocycles. The molecule has 1 saturated heterocycles. The Morgan fingerprint density at radius 1 is 1.03 bits per heavy atom. The van der Waals surface area contributed by atoms with Crippen molar-refractivity contribution >= 4 is 34.7 Å². The van der Waals surface area contributed by atoms with Gasteiger partial charge in [-0.1, -0.05) is 17.7 Å². The molecule has 1 atom stereocenters. The lowest BCUT2D eigenvalue weighted by Crippen LogP contribution is -2.29. The van der Waals surface area contributed by atoms with Crippen LogP contribution >= 0.6 is 11.6 Å². The first-order valence-corrected chi connectivity index (χ1v) is 10.3. The van der Waals surface area contributed by atoms with E-state index in [1.807, 2.05) is 6.92 Å². The fraction of sp³-hybridized carbons (Fsp3) is 0.160. The summed E-state index contributed by atoms with van der Waals surface area (Å²) in [6, 6.07) is 12.9. The number of amides is 1. The molecule has 0 bridgehead atoms. The van der Waals surface area contributed by atoms with Crippen LogP contribution in [0.5, 0.6) is 5.75 Å². The summed E-state index contributed by atoms with van der Waals surface area (Å²) in [5.74, 6) is -1.12. The molecular weight excluding hydrogens is 428 g/mol. The largest absolute Gasteiger partial charge is 0.507 e. The van der Waals surface area contributed by atoms with Crippen molar-refractivity contribution in [2.75, 3.05) is 12.0 Å². The minimum atomic E-state index is -0.835. The van der Waals surface area contributed by atoms with Gasteiger partial charge in [-0.15, -0.1) is 0 Å². The third-order valence-electron chi connectivity index (χ3n) is 5.59. The quantitative estimate of drug-likeness (QED) is 0.345. The molecule has 1 fully saturated rings. The van der Waals surface area contributed by atoms with E-state index in [2.05, 4.69) is 4.98 Å². The van der Waals surface area contributed by atoms with Crippen LogP contribution in [-0.4, -0.2) is 28.9 Å². The molecule has 2 aromatic carbocycles. The smallest absolute Gasteiger partial charge is 0.300 e. The number of anilines is 1. The van der Waals surface area contributed by atoms with Crippen molar-refractivity contribution in [3.05, 3.63) is 93.8 Å². The van der Waals surface area contributed by atoms with Crippen molar-refractivity contribution < 1.29 is 19.4 Å². The molecule has 3 aromatic rings. The van der Waals surface area contributed by atoms with Gasteiger partial charge in [0.2, 0.25) is 0 Å². The van der Waals surface area contributed by atoms with Gasteiger partial charge in [0.05, 0.1) is 18.7 Å². The first kappa shape index (κ1) is 21.6. The van der Waals surface area contributed by atoms with E-state index in [9.17, 15) is 14.7 Å². The highest BCUT2D eigenvalue weighted by molar-refractivity contribution is 6.51. The predicted molar refractivity (Wildman–Crippen MR) is 123 cm³/mol. The monoisotopic (exact) mass is 448 g/mol. The maximum absolute atomic E-state index is 13.2. The van der Waals surface area contributed by atoms with E-state index < -0.39 is 17.7 Å². The SMILES string of the molecule is COc1ccc(/C(O)=C2\C(=O)C(=O)N(c3ccc(C)c(Cl)c3)C2c2ccncc2)c(C)c1. The Bertz CT molecular complexity index is 1250. The van der Waals surface area contributed by atoms with E-state index in [0.29, 0.717) is 33.1 Å². The van der Waals surface area contributed by atoms with Crippen molar-refractivity contribution in [3.63, 3.8) is 0 Å². The fourth-order valence-corrected chi connectivity index (χ4v) is 4.04. The van der Waals surface area contributed by atoms with Gasteiger partial charge in [-0.2, -0.15) is 0 Å². The Balaban J connectivity index is 1.95. The van der Waals surface area contributed by atoms with Gasteiger partial charge in [0.1, 0.15) is 11.5 Å². The molecule has 162 valence electrons. The fourth-order valence-electron chi connectivity index (χ4n) is 3.87. The molecule has 0 aliphatic carbocycles. The van der Waals surface area contributed by atoms with Crippen LogP contribution in [0.1, 0.15) is 28.3 Å². The van der Waals surface area contributed by atoms with Gasteiger partial charge in [0.15, 0.2) is 0 Å². The van der Waals surface area contributed by atoms with Crippen molar-refractivity contribution in [2.24, 2.45) is 0 Å². The van der Waals surface area contributed by atoms with Crippen LogP contribution in [0.25, 0.3) is 5.76 Å². The number of aliphatic hydroxyl groups excluding tert-OH is 1. The summed E-state index contributed by atoms with van der Waals surface area (Å²) in [6.45, 7) is 3.65. The van der Waals surface area contributed by atoms with Crippen LogP contribution in [0.15, 0.2) is 66.5 Å². The number of methoxy groups -OCH3 is 1. The molecule has 0 radical (unpaired) electrons.